The maximum absolute atomic E-state index is 12.5. The van der Waals surface area contributed by atoms with Crippen molar-refractivity contribution in [2.75, 3.05) is 20.3 Å². The van der Waals surface area contributed by atoms with Crippen LogP contribution in [0, 0.1) is 0 Å². The number of esters is 1. The number of amides is 1. The van der Waals surface area contributed by atoms with Crippen LogP contribution in [0.25, 0.3) is 0 Å². The van der Waals surface area contributed by atoms with Crippen LogP contribution in [0.4, 0.5) is 0 Å². The fourth-order valence-corrected chi connectivity index (χ4v) is 3.24. The van der Waals surface area contributed by atoms with Gasteiger partial charge in [-0.25, -0.2) is 4.79 Å². The van der Waals surface area contributed by atoms with Gasteiger partial charge in [0, 0.05) is 6.04 Å². The van der Waals surface area contributed by atoms with Crippen LogP contribution in [-0.4, -0.2) is 44.3 Å². The summed E-state index contributed by atoms with van der Waals surface area (Å²) in [5.41, 5.74) is 0.253. The predicted molar refractivity (Wildman–Crippen MR) is 93.9 cm³/mol. The van der Waals surface area contributed by atoms with E-state index in [1.165, 1.54) is 19.6 Å². The zero-order valence-corrected chi connectivity index (χ0v) is 15.2. The second kappa shape index (κ2) is 8.29. The van der Waals surface area contributed by atoms with Gasteiger partial charge in [-0.15, -0.1) is 0 Å². The molecule has 1 heterocycles. The number of ether oxygens (including phenoxy) is 4. The van der Waals surface area contributed by atoms with Gasteiger partial charge in [0.1, 0.15) is 13.2 Å². The third kappa shape index (κ3) is 4.20. The summed E-state index contributed by atoms with van der Waals surface area (Å²) in [5, 5.41) is 2.96. The Bertz CT molecular complexity index is 651. The number of methoxy groups -OCH3 is 1. The molecule has 7 nitrogen and oxygen atoms in total. The minimum Gasteiger partial charge on any atom is -0.493 e. The number of rotatable bonds is 5. The normalized spacial score (nSPS) is 17.9. The topological polar surface area (TPSA) is 83.1 Å². The van der Waals surface area contributed by atoms with E-state index >= 15 is 0 Å². The lowest BCUT2D eigenvalue weighted by atomic mass is 9.95. The first-order valence-electron chi connectivity index (χ1n) is 9.07. The van der Waals surface area contributed by atoms with Crippen molar-refractivity contribution in [2.24, 2.45) is 0 Å². The summed E-state index contributed by atoms with van der Waals surface area (Å²) in [7, 11) is 1.49. The molecule has 1 saturated carbocycles. The van der Waals surface area contributed by atoms with Crippen LogP contribution >= 0.6 is 0 Å². The molecule has 0 aromatic heterocycles. The fraction of sp³-hybridized carbons (Fsp3) is 0.579. The van der Waals surface area contributed by atoms with Crippen LogP contribution in [0.3, 0.4) is 0 Å². The molecular weight excluding hydrogens is 338 g/mol. The minimum absolute atomic E-state index is 0.173. The Morgan fingerprint density at radius 2 is 1.88 bits per heavy atom. The molecule has 1 aliphatic heterocycles. The first kappa shape index (κ1) is 18.4. The van der Waals surface area contributed by atoms with E-state index in [9.17, 15) is 9.59 Å². The third-order valence-electron chi connectivity index (χ3n) is 4.67. The Morgan fingerprint density at radius 1 is 1.15 bits per heavy atom. The van der Waals surface area contributed by atoms with E-state index in [0.717, 1.165) is 25.7 Å². The Kier molecular flexibility index (Phi) is 5.85. The summed E-state index contributed by atoms with van der Waals surface area (Å²) in [6.45, 7) is 2.39. The standard InChI is InChI=1S/C19H25NO6/c1-12(18(21)20-14-6-4-3-5-7-14)26-19(22)13-10-15(23-2)17-16(11-13)24-8-9-25-17/h10-12,14H,3-9H2,1-2H3,(H,20,21)/t12-/m0/s1. The summed E-state index contributed by atoms with van der Waals surface area (Å²) in [5.74, 6) is 0.426. The Morgan fingerprint density at radius 3 is 2.62 bits per heavy atom. The highest BCUT2D eigenvalue weighted by atomic mass is 16.6. The maximum Gasteiger partial charge on any atom is 0.339 e. The fourth-order valence-electron chi connectivity index (χ4n) is 3.24. The molecule has 1 aliphatic carbocycles. The van der Waals surface area contributed by atoms with Crippen molar-refractivity contribution in [2.45, 2.75) is 51.2 Å². The highest BCUT2D eigenvalue weighted by Gasteiger charge is 2.25. The van der Waals surface area contributed by atoms with E-state index in [1.807, 2.05) is 0 Å². The van der Waals surface area contributed by atoms with Crippen LogP contribution in [0.15, 0.2) is 12.1 Å². The molecule has 0 spiro atoms. The molecule has 2 aliphatic rings. The summed E-state index contributed by atoms with van der Waals surface area (Å²) in [6.07, 6.45) is 4.54. The zero-order valence-electron chi connectivity index (χ0n) is 15.2. The lowest BCUT2D eigenvalue weighted by Crippen LogP contribution is -2.42. The second-order valence-corrected chi connectivity index (χ2v) is 6.59. The van der Waals surface area contributed by atoms with Gasteiger partial charge in [-0.3, -0.25) is 4.79 Å². The number of carbonyl (C=O) groups excluding carboxylic acids is 2. The zero-order chi connectivity index (χ0) is 18.5. The first-order valence-corrected chi connectivity index (χ1v) is 9.07. The van der Waals surface area contributed by atoms with Crippen LogP contribution in [0.5, 0.6) is 17.2 Å². The molecule has 1 aromatic rings. The predicted octanol–water partition coefficient (Wildman–Crippen LogP) is 2.46. The third-order valence-corrected chi connectivity index (χ3v) is 4.67. The van der Waals surface area contributed by atoms with E-state index in [2.05, 4.69) is 5.32 Å². The van der Waals surface area contributed by atoms with Crippen molar-refractivity contribution < 1.29 is 28.5 Å². The summed E-state index contributed by atoms with van der Waals surface area (Å²) >= 11 is 0. The van der Waals surface area contributed by atoms with Crippen molar-refractivity contribution in [1.82, 2.24) is 5.32 Å². The van der Waals surface area contributed by atoms with E-state index in [-0.39, 0.29) is 17.5 Å². The number of hydrogen-bond acceptors (Lipinski definition) is 6. The van der Waals surface area contributed by atoms with Crippen LogP contribution < -0.4 is 19.5 Å². The SMILES string of the molecule is COc1cc(C(=O)O[C@@H](C)C(=O)NC2CCCCC2)cc2c1OCCO2. The van der Waals surface area contributed by atoms with Crippen molar-refractivity contribution in [3.8, 4) is 17.2 Å². The maximum atomic E-state index is 12.5. The smallest absolute Gasteiger partial charge is 0.339 e. The molecule has 7 heteroatoms. The van der Waals surface area contributed by atoms with Gasteiger partial charge in [0.25, 0.3) is 5.91 Å². The highest BCUT2D eigenvalue weighted by molar-refractivity contribution is 5.93. The van der Waals surface area contributed by atoms with Crippen molar-refractivity contribution in [3.63, 3.8) is 0 Å². The number of hydrogen-bond donors (Lipinski definition) is 1. The Balaban J connectivity index is 1.64. The molecule has 1 fully saturated rings. The monoisotopic (exact) mass is 363 g/mol. The van der Waals surface area contributed by atoms with Crippen molar-refractivity contribution in [1.29, 1.82) is 0 Å². The molecule has 26 heavy (non-hydrogen) atoms. The number of nitrogens with one attached hydrogen (secondary N) is 1. The lowest BCUT2D eigenvalue weighted by Gasteiger charge is -2.24. The van der Waals surface area contributed by atoms with E-state index in [1.54, 1.807) is 13.0 Å². The first-order chi connectivity index (χ1) is 12.6. The number of carbonyl (C=O) groups is 2. The second-order valence-electron chi connectivity index (χ2n) is 6.59. The van der Waals surface area contributed by atoms with Gasteiger partial charge in [0.2, 0.25) is 5.75 Å². The average Bonchev–Trinajstić information content (AvgIpc) is 2.67. The quantitative estimate of drug-likeness (QED) is 0.809. The average molecular weight is 363 g/mol. The van der Waals surface area contributed by atoms with E-state index < -0.39 is 12.1 Å². The molecule has 3 rings (SSSR count). The van der Waals surface area contributed by atoms with Crippen molar-refractivity contribution >= 4 is 11.9 Å². The van der Waals surface area contributed by atoms with Crippen molar-refractivity contribution in [3.05, 3.63) is 17.7 Å². The van der Waals surface area contributed by atoms with E-state index in [0.29, 0.717) is 30.5 Å². The van der Waals surface area contributed by atoms with Gasteiger partial charge in [-0.2, -0.15) is 0 Å². The number of benzene rings is 1. The van der Waals surface area contributed by atoms with Gasteiger partial charge in [-0.05, 0) is 31.9 Å². The van der Waals surface area contributed by atoms with Gasteiger partial charge < -0.3 is 24.3 Å². The van der Waals surface area contributed by atoms with Gasteiger partial charge in [0.05, 0.1) is 12.7 Å². The molecule has 1 aromatic carbocycles. The number of fused-ring (bicyclic) bond motifs is 1. The molecule has 0 saturated heterocycles. The Labute approximate surface area is 152 Å². The molecular formula is C19H25NO6. The van der Waals surface area contributed by atoms with Crippen LogP contribution in [-0.2, 0) is 9.53 Å². The largest absolute Gasteiger partial charge is 0.493 e. The Hall–Kier alpha value is -2.44. The van der Waals surface area contributed by atoms with Gasteiger partial charge >= 0.3 is 5.97 Å². The molecule has 0 radical (unpaired) electrons. The van der Waals surface area contributed by atoms with Gasteiger partial charge in [0.15, 0.2) is 17.6 Å². The molecule has 1 atom stereocenters. The minimum atomic E-state index is -0.872. The molecule has 1 amide bonds. The molecule has 0 bridgehead atoms. The van der Waals surface area contributed by atoms with Gasteiger partial charge in [-0.1, -0.05) is 19.3 Å². The summed E-state index contributed by atoms with van der Waals surface area (Å²) in [4.78, 5) is 24.7. The lowest BCUT2D eigenvalue weighted by molar-refractivity contribution is -0.130. The van der Waals surface area contributed by atoms with Crippen LogP contribution in [0.2, 0.25) is 0 Å². The molecule has 0 unspecified atom stereocenters. The summed E-state index contributed by atoms with van der Waals surface area (Å²) in [6, 6.07) is 3.25. The van der Waals surface area contributed by atoms with E-state index in [4.69, 9.17) is 18.9 Å². The summed E-state index contributed by atoms with van der Waals surface area (Å²) < 4.78 is 21.6. The van der Waals surface area contributed by atoms with Crippen LogP contribution in [0.1, 0.15) is 49.4 Å². The highest BCUT2D eigenvalue weighted by Crippen LogP contribution is 2.40. The molecule has 1 N–H and O–H groups in total. The molecule has 142 valence electrons.